The molecule has 0 saturated carbocycles. The van der Waals surface area contributed by atoms with E-state index in [1.165, 1.54) is 5.56 Å². The van der Waals surface area contributed by atoms with Crippen LogP contribution in [0.25, 0.3) is 0 Å². The highest BCUT2D eigenvalue weighted by Gasteiger charge is 2.22. The van der Waals surface area contributed by atoms with Crippen LogP contribution in [0.3, 0.4) is 0 Å². The Bertz CT molecular complexity index is 550. The van der Waals surface area contributed by atoms with Gasteiger partial charge in [0.1, 0.15) is 0 Å². The van der Waals surface area contributed by atoms with Crippen LogP contribution in [0.15, 0.2) is 24.7 Å². The SMILES string of the molecule is CCCn1ncc(Cl)c1C(NC)c1cnccc1C. The van der Waals surface area contributed by atoms with Crippen molar-refractivity contribution in [1.29, 1.82) is 0 Å². The molecule has 4 nitrogen and oxygen atoms in total. The minimum atomic E-state index is 0.00949. The molecule has 2 aromatic rings. The lowest BCUT2D eigenvalue weighted by Crippen LogP contribution is -2.23. The van der Waals surface area contributed by atoms with Gasteiger partial charge in [-0.25, -0.2) is 0 Å². The first-order chi connectivity index (χ1) is 9.19. The van der Waals surface area contributed by atoms with Gasteiger partial charge in [-0.2, -0.15) is 5.10 Å². The first-order valence-electron chi connectivity index (χ1n) is 6.48. The Morgan fingerprint density at radius 1 is 1.42 bits per heavy atom. The molecule has 0 radical (unpaired) electrons. The maximum Gasteiger partial charge on any atom is 0.0837 e. The van der Waals surface area contributed by atoms with E-state index >= 15 is 0 Å². The number of rotatable bonds is 5. The summed E-state index contributed by atoms with van der Waals surface area (Å²) in [5.41, 5.74) is 3.32. The van der Waals surface area contributed by atoms with Crippen molar-refractivity contribution in [2.24, 2.45) is 0 Å². The van der Waals surface area contributed by atoms with Crippen molar-refractivity contribution >= 4 is 11.6 Å². The lowest BCUT2D eigenvalue weighted by Gasteiger charge is -2.20. The quantitative estimate of drug-likeness (QED) is 0.914. The molecule has 0 bridgehead atoms. The summed E-state index contributed by atoms with van der Waals surface area (Å²) in [5.74, 6) is 0. The molecule has 102 valence electrons. The van der Waals surface area contributed by atoms with Crippen molar-refractivity contribution < 1.29 is 0 Å². The third-order valence-corrected chi connectivity index (χ3v) is 3.51. The molecule has 2 aromatic heterocycles. The molecule has 2 heterocycles. The Balaban J connectivity index is 2.48. The Morgan fingerprint density at radius 3 is 2.84 bits per heavy atom. The highest BCUT2D eigenvalue weighted by molar-refractivity contribution is 6.31. The van der Waals surface area contributed by atoms with Gasteiger partial charge < -0.3 is 5.32 Å². The number of nitrogens with zero attached hydrogens (tertiary/aromatic N) is 3. The number of nitrogens with one attached hydrogen (secondary N) is 1. The van der Waals surface area contributed by atoms with E-state index in [0.29, 0.717) is 5.02 Å². The van der Waals surface area contributed by atoms with Crippen LogP contribution in [0.2, 0.25) is 5.02 Å². The largest absolute Gasteiger partial charge is 0.308 e. The third kappa shape index (κ3) is 2.80. The maximum atomic E-state index is 6.31. The molecule has 0 spiro atoms. The number of hydrogen-bond donors (Lipinski definition) is 1. The van der Waals surface area contributed by atoms with E-state index in [1.807, 2.05) is 24.0 Å². The summed E-state index contributed by atoms with van der Waals surface area (Å²) in [6.45, 7) is 5.07. The first-order valence-corrected chi connectivity index (χ1v) is 6.85. The molecule has 19 heavy (non-hydrogen) atoms. The molecule has 0 fully saturated rings. The monoisotopic (exact) mass is 278 g/mol. The van der Waals surface area contributed by atoms with Gasteiger partial charge in [-0.1, -0.05) is 18.5 Å². The standard InChI is InChI=1S/C14H19ClN4/c1-4-7-19-14(12(15)9-18-19)13(16-3)11-8-17-6-5-10(11)2/h5-6,8-9,13,16H,4,7H2,1-3H3. The molecule has 5 heteroatoms. The van der Waals surface area contributed by atoms with Crippen molar-refractivity contribution in [3.8, 4) is 0 Å². The zero-order chi connectivity index (χ0) is 13.8. The summed E-state index contributed by atoms with van der Waals surface area (Å²) in [6, 6.07) is 2.02. The molecule has 0 aliphatic rings. The fourth-order valence-corrected chi connectivity index (χ4v) is 2.52. The molecule has 2 rings (SSSR count). The molecular weight excluding hydrogens is 260 g/mol. The van der Waals surface area contributed by atoms with Gasteiger partial charge in [0.05, 0.1) is 23.0 Å². The lowest BCUT2D eigenvalue weighted by atomic mass is 10.0. The zero-order valence-corrected chi connectivity index (χ0v) is 12.3. The highest BCUT2D eigenvalue weighted by atomic mass is 35.5. The smallest absolute Gasteiger partial charge is 0.0837 e. The minimum absolute atomic E-state index is 0.00949. The van der Waals surface area contributed by atoms with Gasteiger partial charge in [0.25, 0.3) is 0 Å². The molecule has 0 aliphatic carbocycles. The molecule has 0 saturated heterocycles. The summed E-state index contributed by atoms with van der Waals surface area (Å²) in [7, 11) is 1.93. The minimum Gasteiger partial charge on any atom is -0.308 e. The maximum absolute atomic E-state index is 6.31. The second-order valence-electron chi connectivity index (χ2n) is 4.55. The van der Waals surface area contributed by atoms with Crippen molar-refractivity contribution in [1.82, 2.24) is 20.1 Å². The zero-order valence-electron chi connectivity index (χ0n) is 11.5. The summed E-state index contributed by atoms with van der Waals surface area (Å²) in [6.07, 6.45) is 6.42. The molecule has 1 atom stereocenters. The van der Waals surface area contributed by atoms with E-state index < -0.39 is 0 Å². The molecule has 0 aliphatic heterocycles. The summed E-state index contributed by atoms with van der Waals surface area (Å²) >= 11 is 6.31. The molecular formula is C14H19ClN4. The van der Waals surface area contributed by atoms with Crippen molar-refractivity contribution in [2.45, 2.75) is 32.9 Å². The lowest BCUT2D eigenvalue weighted by molar-refractivity contribution is 0.533. The summed E-state index contributed by atoms with van der Waals surface area (Å²) in [5, 5.41) is 8.36. The number of aryl methyl sites for hydroxylation is 2. The van der Waals surface area contributed by atoms with Crippen molar-refractivity contribution in [3.05, 3.63) is 46.5 Å². The van der Waals surface area contributed by atoms with Crippen LogP contribution in [0, 0.1) is 6.92 Å². The van der Waals surface area contributed by atoms with E-state index in [1.54, 1.807) is 12.4 Å². The fourth-order valence-electron chi connectivity index (χ4n) is 2.27. The van der Waals surface area contributed by atoms with E-state index in [4.69, 9.17) is 11.6 Å². The molecule has 1 unspecified atom stereocenters. The normalized spacial score (nSPS) is 12.6. The van der Waals surface area contributed by atoms with E-state index in [9.17, 15) is 0 Å². The molecule has 0 aromatic carbocycles. The predicted molar refractivity (Wildman–Crippen MR) is 77.4 cm³/mol. The first kappa shape index (κ1) is 14.0. The van der Waals surface area contributed by atoms with Crippen LogP contribution < -0.4 is 5.32 Å². The van der Waals surface area contributed by atoms with Crippen LogP contribution in [-0.2, 0) is 6.54 Å². The highest BCUT2D eigenvalue weighted by Crippen LogP contribution is 2.29. The average molecular weight is 279 g/mol. The van der Waals surface area contributed by atoms with Gasteiger partial charge in [-0.15, -0.1) is 0 Å². The van der Waals surface area contributed by atoms with Gasteiger partial charge in [0, 0.05) is 18.9 Å². The number of hydrogen-bond acceptors (Lipinski definition) is 3. The summed E-state index contributed by atoms with van der Waals surface area (Å²) in [4.78, 5) is 4.22. The van der Waals surface area contributed by atoms with Gasteiger partial charge >= 0.3 is 0 Å². The van der Waals surface area contributed by atoms with E-state index in [2.05, 4.69) is 29.2 Å². The van der Waals surface area contributed by atoms with Crippen LogP contribution in [0.5, 0.6) is 0 Å². The van der Waals surface area contributed by atoms with Gasteiger partial charge in [0.15, 0.2) is 0 Å². The van der Waals surface area contributed by atoms with Crippen LogP contribution in [-0.4, -0.2) is 21.8 Å². The average Bonchev–Trinajstić information content (AvgIpc) is 2.75. The third-order valence-electron chi connectivity index (χ3n) is 3.22. The van der Waals surface area contributed by atoms with E-state index in [0.717, 1.165) is 24.2 Å². The van der Waals surface area contributed by atoms with E-state index in [-0.39, 0.29) is 6.04 Å². The Hall–Kier alpha value is -1.39. The van der Waals surface area contributed by atoms with Crippen molar-refractivity contribution in [2.75, 3.05) is 7.05 Å². The van der Waals surface area contributed by atoms with Gasteiger partial charge in [0.2, 0.25) is 0 Å². The number of aromatic nitrogens is 3. The van der Waals surface area contributed by atoms with Crippen LogP contribution >= 0.6 is 11.6 Å². The van der Waals surface area contributed by atoms with Crippen molar-refractivity contribution in [3.63, 3.8) is 0 Å². The Kier molecular flexibility index (Phi) is 4.56. The van der Waals surface area contributed by atoms with Gasteiger partial charge in [-0.3, -0.25) is 9.67 Å². The van der Waals surface area contributed by atoms with Crippen LogP contribution in [0.1, 0.15) is 36.2 Å². The van der Waals surface area contributed by atoms with Gasteiger partial charge in [-0.05, 0) is 37.6 Å². The fraction of sp³-hybridized carbons (Fsp3) is 0.429. The Labute approximate surface area is 118 Å². The van der Waals surface area contributed by atoms with Crippen LogP contribution in [0.4, 0.5) is 0 Å². The topological polar surface area (TPSA) is 42.7 Å². The summed E-state index contributed by atoms with van der Waals surface area (Å²) < 4.78 is 1.97. The molecule has 1 N–H and O–H groups in total. The second-order valence-corrected chi connectivity index (χ2v) is 4.96. The second kappa shape index (κ2) is 6.17. The predicted octanol–water partition coefficient (Wildman–Crippen LogP) is 2.96. The number of halogens is 1. The molecule has 0 amide bonds. The Morgan fingerprint density at radius 2 is 2.21 bits per heavy atom. The number of pyridine rings is 1.